The van der Waals surface area contributed by atoms with E-state index in [-0.39, 0.29) is 11.7 Å². The van der Waals surface area contributed by atoms with Crippen molar-refractivity contribution in [3.05, 3.63) is 70.3 Å². The molecule has 160 valence electrons. The molecule has 1 aliphatic rings. The monoisotopic (exact) mass is 420 g/mol. The second kappa shape index (κ2) is 10.3. The molecule has 31 heavy (non-hydrogen) atoms. The summed E-state index contributed by atoms with van der Waals surface area (Å²) < 4.78 is 0. The third kappa shape index (κ3) is 5.45. The fourth-order valence-electron chi connectivity index (χ4n) is 3.93. The lowest BCUT2D eigenvalue weighted by Crippen LogP contribution is -2.47. The highest BCUT2D eigenvalue weighted by molar-refractivity contribution is 6.02. The molecule has 0 aromatic heterocycles. The Bertz CT molecular complexity index is 981. The number of anilines is 1. The van der Waals surface area contributed by atoms with Gasteiger partial charge in [0, 0.05) is 23.9 Å². The van der Waals surface area contributed by atoms with Gasteiger partial charge in [-0.05, 0) is 30.5 Å². The van der Waals surface area contributed by atoms with E-state index in [4.69, 9.17) is 5.26 Å². The second-order valence-electron chi connectivity index (χ2n) is 7.53. The first-order valence-corrected chi connectivity index (χ1v) is 10.3. The zero-order valence-corrected chi connectivity index (χ0v) is 17.1. The van der Waals surface area contributed by atoms with Crippen molar-refractivity contribution in [1.29, 1.82) is 5.26 Å². The number of hydrogen-bond donors (Lipinski definition) is 1. The predicted octanol–water partition coefficient (Wildman–Crippen LogP) is 4.03. The van der Waals surface area contributed by atoms with Gasteiger partial charge in [0.2, 0.25) is 11.8 Å². The molecule has 8 heteroatoms. The number of para-hydroxylation sites is 1. The van der Waals surface area contributed by atoms with E-state index >= 15 is 0 Å². The number of carbonyl (C=O) groups excluding carboxylic acids is 2. The van der Waals surface area contributed by atoms with Crippen molar-refractivity contribution in [2.75, 3.05) is 4.90 Å². The number of non-ortho nitro benzene ring substituents is 1. The van der Waals surface area contributed by atoms with E-state index in [2.05, 4.69) is 5.32 Å². The molecule has 2 aromatic rings. The van der Waals surface area contributed by atoms with Crippen LogP contribution in [0.2, 0.25) is 0 Å². The second-order valence-corrected chi connectivity index (χ2v) is 7.53. The highest BCUT2D eigenvalue weighted by Gasteiger charge is 2.34. The molecule has 0 radical (unpaired) electrons. The van der Waals surface area contributed by atoms with Crippen molar-refractivity contribution in [3.8, 4) is 6.07 Å². The summed E-state index contributed by atoms with van der Waals surface area (Å²) in [5.41, 5.74) is 0.587. The maximum absolute atomic E-state index is 13.5. The van der Waals surface area contributed by atoms with Crippen LogP contribution < -0.4 is 10.2 Å². The molecule has 2 amide bonds. The normalized spacial score (nSPS) is 14.8. The van der Waals surface area contributed by atoms with Gasteiger partial charge < -0.3 is 5.32 Å². The van der Waals surface area contributed by atoms with Crippen LogP contribution in [0, 0.1) is 21.4 Å². The Morgan fingerprint density at radius 3 is 2.48 bits per heavy atom. The van der Waals surface area contributed by atoms with E-state index in [1.54, 1.807) is 36.4 Å². The molecule has 0 aliphatic heterocycles. The maximum atomic E-state index is 13.5. The number of hydrogen-bond acceptors (Lipinski definition) is 5. The quantitative estimate of drug-likeness (QED) is 0.536. The Hall–Kier alpha value is -3.73. The molecule has 8 nitrogen and oxygen atoms in total. The molecule has 0 saturated heterocycles. The Morgan fingerprint density at radius 1 is 1.13 bits per heavy atom. The van der Waals surface area contributed by atoms with Crippen LogP contribution in [0.4, 0.5) is 11.4 Å². The highest BCUT2D eigenvalue weighted by Crippen LogP contribution is 2.31. The van der Waals surface area contributed by atoms with Gasteiger partial charge in [-0.3, -0.25) is 24.6 Å². The Balaban J connectivity index is 2.06. The fourth-order valence-corrected chi connectivity index (χ4v) is 3.93. The van der Waals surface area contributed by atoms with Crippen LogP contribution in [-0.2, 0) is 9.59 Å². The fraction of sp³-hybridized carbons (Fsp3) is 0.348. The summed E-state index contributed by atoms with van der Waals surface area (Å²) in [5, 5.41) is 23.5. The molecule has 0 bridgehead atoms. The van der Waals surface area contributed by atoms with Gasteiger partial charge in [0.25, 0.3) is 5.69 Å². The van der Waals surface area contributed by atoms with E-state index in [1.165, 1.54) is 23.1 Å². The predicted molar refractivity (Wildman–Crippen MR) is 115 cm³/mol. The summed E-state index contributed by atoms with van der Waals surface area (Å²) in [7, 11) is 0. The van der Waals surface area contributed by atoms with Gasteiger partial charge in [-0.2, -0.15) is 5.26 Å². The van der Waals surface area contributed by atoms with Crippen molar-refractivity contribution in [2.45, 2.75) is 50.6 Å². The first-order valence-electron chi connectivity index (χ1n) is 10.3. The molecule has 1 N–H and O–H groups in total. The molecule has 0 heterocycles. The first kappa shape index (κ1) is 22.0. The van der Waals surface area contributed by atoms with Crippen molar-refractivity contribution in [2.24, 2.45) is 0 Å². The van der Waals surface area contributed by atoms with Crippen LogP contribution in [0.25, 0.3) is 0 Å². The number of nitro benzene ring substituents is 1. The summed E-state index contributed by atoms with van der Waals surface area (Å²) in [6.07, 6.45) is 4.44. The molecule has 1 atom stereocenters. The Labute approximate surface area is 180 Å². The first-order chi connectivity index (χ1) is 15.0. The number of nitrogens with zero attached hydrogens (tertiary/aromatic N) is 3. The van der Waals surface area contributed by atoms with Crippen molar-refractivity contribution >= 4 is 23.2 Å². The minimum atomic E-state index is -1.13. The van der Waals surface area contributed by atoms with E-state index in [9.17, 15) is 19.7 Å². The molecule has 0 spiro atoms. The van der Waals surface area contributed by atoms with E-state index in [0.717, 1.165) is 32.1 Å². The van der Waals surface area contributed by atoms with Crippen molar-refractivity contribution in [3.63, 3.8) is 0 Å². The third-order valence-corrected chi connectivity index (χ3v) is 5.39. The maximum Gasteiger partial charge on any atom is 0.269 e. The van der Waals surface area contributed by atoms with Gasteiger partial charge in [-0.15, -0.1) is 0 Å². The smallest absolute Gasteiger partial charge is 0.269 e. The molecular formula is C23H24N4O4. The van der Waals surface area contributed by atoms with Crippen LogP contribution in [0.3, 0.4) is 0 Å². The van der Waals surface area contributed by atoms with Crippen LogP contribution in [0.15, 0.2) is 54.6 Å². The number of amides is 2. The standard InChI is InChI=1S/C23H24N4O4/c24-15-14-21(28)26(19-11-5-2-6-12-19)22(17-8-7-13-20(16-17)27(30)31)23(29)25-18-9-3-1-4-10-18/h2,5-8,11-13,16,18,22H,1,3-4,9-10,14H2,(H,25,29). The Morgan fingerprint density at radius 2 is 1.84 bits per heavy atom. The lowest BCUT2D eigenvalue weighted by molar-refractivity contribution is -0.384. The number of nitrogens with one attached hydrogen (secondary N) is 1. The number of benzene rings is 2. The molecule has 3 rings (SSSR count). The number of rotatable bonds is 7. The number of nitriles is 1. The highest BCUT2D eigenvalue weighted by atomic mass is 16.6. The SMILES string of the molecule is N#CCC(=O)N(c1ccccc1)C(C(=O)NC1CCCCC1)c1cccc([N+](=O)[O-])c1. The lowest BCUT2D eigenvalue weighted by Gasteiger charge is -2.33. The van der Waals surface area contributed by atoms with E-state index in [0.29, 0.717) is 11.3 Å². The summed E-state index contributed by atoms with van der Waals surface area (Å²) >= 11 is 0. The summed E-state index contributed by atoms with van der Waals surface area (Å²) in [6, 6.07) is 15.0. The third-order valence-electron chi connectivity index (χ3n) is 5.39. The van der Waals surface area contributed by atoms with Crippen molar-refractivity contribution in [1.82, 2.24) is 5.32 Å². The number of nitro groups is 1. The van der Waals surface area contributed by atoms with Gasteiger partial charge in [-0.25, -0.2) is 0 Å². The minimum Gasteiger partial charge on any atom is -0.351 e. The summed E-state index contributed by atoms with van der Waals surface area (Å²) in [4.78, 5) is 38.5. The summed E-state index contributed by atoms with van der Waals surface area (Å²) in [6.45, 7) is 0. The Kier molecular flexibility index (Phi) is 7.33. The molecule has 1 fully saturated rings. The van der Waals surface area contributed by atoms with Crippen molar-refractivity contribution < 1.29 is 14.5 Å². The van der Waals surface area contributed by atoms with E-state index < -0.39 is 29.2 Å². The lowest BCUT2D eigenvalue weighted by atomic mass is 9.94. The average molecular weight is 420 g/mol. The topological polar surface area (TPSA) is 116 Å². The zero-order chi connectivity index (χ0) is 22.2. The summed E-state index contributed by atoms with van der Waals surface area (Å²) in [5.74, 6) is -0.966. The molecule has 1 unspecified atom stereocenters. The van der Waals surface area contributed by atoms with Gasteiger partial charge in [0.1, 0.15) is 12.5 Å². The van der Waals surface area contributed by atoms with Gasteiger partial charge in [0.05, 0.1) is 11.0 Å². The van der Waals surface area contributed by atoms with E-state index in [1.807, 2.05) is 6.07 Å². The number of carbonyl (C=O) groups is 2. The molecular weight excluding hydrogens is 396 g/mol. The zero-order valence-electron chi connectivity index (χ0n) is 17.1. The van der Waals surface area contributed by atoms with Gasteiger partial charge in [0.15, 0.2) is 0 Å². The van der Waals surface area contributed by atoms with Gasteiger partial charge >= 0.3 is 0 Å². The van der Waals surface area contributed by atoms with Crippen LogP contribution in [0.1, 0.15) is 50.1 Å². The van der Waals surface area contributed by atoms with Crippen LogP contribution >= 0.6 is 0 Å². The van der Waals surface area contributed by atoms with Gasteiger partial charge in [-0.1, -0.05) is 49.6 Å². The molecule has 1 aliphatic carbocycles. The average Bonchev–Trinajstić information content (AvgIpc) is 2.78. The minimum absolute atomic E-state index is 0.00820. The molecule has 1 saturated carbocycles. The van der Waals surface area contributed by atoms with Crippen LogP contribution in [-0.4, -0.2) is 22.8 Å². The molecule has 2 aromatic carbocycles. The largest absolute Gasteiger partial charge is 0.351 e. The van der Waals surface area contributed by atoms with Crippen LogP contribution in [0.5, 0.6) is 0 Å².